The van der Waals surface area contributed by atoms with Crippen LogP contribution >= 0.6 is 0 Å². The van der Waals surface area contributed by atoms with Gasteiger partial charge in [0, 0.05) is 58.8 Å². The number of rotatable bonds is 12. The summed E-state index contributed by atoms with van der Waals surface area (Å²) in [6.45, 7) is 12.6. The maximum atomic E-state index is 5.09. The number of methoxy groups -OCH3 is 1. The Morgan fingerprint density at radius 1 is 1.36 bits per heavy atom. The number of ether oxygens (including phenoxy) is 1. The average molecular weight is 353 g/mol. The van der Waals surface area contributed by atoms with Gasteiger partial charge in [0.15, 0.2) is 5.96 Å². The molecule has 0 fully saturated rings. The Bertz CT molecular complexity index is 486. The molecular weight excluding hydrogens is 316 g/mol. The molecule has 7 nitrogen and oxygen atoms in total. The highest BCUT2D eigenvalue weighted by molar-refractivity contribution is 5.79. The van der Waals surface area contributed by atoms with Crippen molar-refractivity contribution in [2.24, 2.45) is 10.9 Å². The maximum absolute atomic E-state index is 5.09. The minimum absolute atomic E-state index is 0.582. The normalized spacial score (nSPS) is 12.2. The second-order valence-electron chi connectivity index (χ2n) is 6.66. The minimum atomic E-state index is 0.582. The largest absolute Gasteiger partial charge is 0.385 e. The number of hydrogen-bond donors (Lipinski definition) is 2. The van der Waals surface area contributed by atoms with Gasteiger partial charge in [-0.25, -0.2) is 9.98 Å². The van der Waals surface area contributed by atoms with E-state index in [2.05, 4.69) is 57.9 Å². The fourth-order valence-electron chi connectivity index (χ4n) is 2.50. The van der Waals surface area contributed by atoms with Gasteiger partial charge < -0.3 is 24.8 Å². The average Bonchev–Trinajstić information content (AvgIpc) is 2.99. The number of aliphatic imine (C=N–C) groups is 1. The molecule has 1 aromatic rings. The van der Waals surface area contributed by atoms with E-state index in [0.29, 0.717) is 12.5 Å². The van der Waals surface area contributed by atoms with E-state index in [1.807, 2.05) is 12.4 Å². The van der Waals surface area contributed by atoms with E-state index in [1.165, 1.54) is 0 Å². The van der Waals surface area contributed by atoms with Crippen molar-refractivity contribution in [1.29, 1.82) is 0 Å². The fraction of sp³-hybridized carbons (Fsp3) is 0.778. The van der Waals surface area contributed by atoms with Crippen LogP contribution in [0.1, 0.15) is 33.0 Å². The van der Waals surface area contributed by atoms with Gasteiger partial charge in [0.2, 0.25) is 0 Å². The molecule has 0 saturated heterocycles. The number of imidazole rings is 1. The standard InChI is InChI=1S/C18H36N6O/c1-6-19-18(21-8-11-23(4)10-7-13-25-5)22-14-17-20-9-12-24(17)15-16(2)3/h9,12,16H,6-8,10-11,13-15H2,1-5H3,(H2,19,21,22). The Morgan fingerprint density at radius 2 is 2.16 bits per heavy atom. The van der Waals surface area contributed by atoms with Crippen LogP contribution in [0.15, 0.2) is 17.4 Å². The van der Waals surface area contributed by atoms with Gasteiger partial charge in [-0.15, -0.1) is 0 Å². The van der Waals surface area contributed by atoms with E-state index < -0.39 is 0 Å². The molecule has 0 bridgehead atoms. The lowest BCUT2D eigenvalue weighted by atomic mass is 10.2. The molecule has 1 aromatic heterocycles. The summed E-state index contributed by atoms with van der Waals surface area (Å²) in [5.41, 5.74) is 0. The van der Waals surface area contributed by atoms with Crippen molar-refractivity contribution in [1.82, 2.24) is 25.1 Å². The molecular formula is C18H36N6O. The Balaban J connectivity index is 2.45. The molecule has 0 unspecified atom stereocenters. The third-order valence-electron chi connectivity index (χ3n) is 3.76. The van der Waals surface area contributed by atoms with E-state index in [1.54, 1.807) is 7.11 Å². The minimum Gasteiger partial charge on any atom is -0.385 e. The molecule has 2 N–H and O–H groups in total. The van der Waals surface area contributed by atoms with Gasteiger partial charge in [-0.1, -0.05) is 13.8 Å². The number of likely N-dealkylation sites (N-methyl/N-ethyl adjacent to an activating group) is 1. The van der Waals surface area contributed by atoms with Gasteiger partial charge in [-0.3, -0.25) is 0 Å². The molecule has 1 rings (SSSR count). The maximum Gasteiger partial charge on any atom is 0.191 e. The summed E-state index contributed by atoms with van der Waals surface area (Å²) in [6, 6.07) is 0. The molecule has 0 atom stereocenters. The Labute approximate surface area is 152 Å². The number of guanidine groups is 1. The molecule has 7 heteroatoms. The van der Waals surface area contributed by atoms with Crippen molar-refractivity contribution in [2.75, 3.05) is 46.9 Å². The van der Waals surface area contributed by atoms with E-state index in [4.69, 9.17) is 4.74 Å². The summed E-state index contributed by atoms with van der Waals surface area (Å²) >= 11 is 0. The van der Waals surface area contributed by atoms with Crippen molar-refractivity contribution < 1.29 is 4.74 Å². The van der Waals surface area contributed by atoms with Crippen LogP contribution in [-0.4, -0.2) is 67.4 Å². The lowest BCUT2D eigenvalue weighted by Gasteiger charge is -2.18. The van der Waals surface area contributed by atoms with E-state index in [9.17, 15) is 0 Å². The topological polar surface area (TPSA) is 66.7 Å². The van der Waals surface area contributed by atoms with Crippen LogP contribution < -0.4 is 10.6 Å². The first kappa shape index (κ1) is 21.4. The summed E-state index contributed by atoms with van der Waals surface area (Å²) in [7, 11) is 3.87. The predicted molar refractivity (Wildman–Crippen MR) is 104 cm³/mol. The first-order chi connectivity index (χ1) is 12.1. The van der Waals surface area contributed by atoms with Gasteiger partial charge in [-0.05, 0) is 26.3 Å². The van der Waals surface area contributed by atoms with Crippen LogP contribution in [0.3, 0.4) is 0 Å². The molecule has 0 aliphatic rings. The zero-order valence-electron chi connectivity index (χ0n) is 16.6. The zero-order chi connectivity index (χ0) is 18.5. The molecule has 0 saturated carbocycles. The lowest BCUT2D eigenvalue weighted by Crippen LogP contribution is -2.41. The van der Waals surface area contributed by atoms with Gasteiger partial charge in [0.05, 0.1) is 0 Å². The molecule has 0 aromatic carbocycles. The SMILES string of the molecule is CCNC(=NCc1nccn1CC(C)C)NCCN(C)CCCOC. The van der Waals surface area contributed by atoms with Crippen molar-refractivity contribution in [3.8, 4) is 0 Å². The molecule has 1 heterocycles. The second kappa shape index (κ2) is 12.7. The quantitative estimate of drug-likeness (QED) is 0.339. The number of hydrogen-bond acceptors (Lipinski definition) is 4. The smallest absolute Gasteiger partial charge is 0.191 e. The summed E-state index contributed by atoms with van der Waals surface area (Å²) in [5.74, 6) is 2.44. The highest BCUT2D eigenvalue weighted by atomic mass is 16.5. The van der Waals surface area contributed by atoms with Gasteiger partial charge >= 0.3 is 0 Å². The highest BCUT2D eigenvalue weighted by Gasteiger charge is 2.05. The Hall–Kier alpha value is -1.60. The van der Waals surface area contributed by atoms with Gasteiger partial charge in [-0.2, -0.15) is 0 Å². The van der Waals surface area contributed by atoms with Gasteiger partial charge in [0.25, 0.3) is 0 Å². The molecule has 25 heavy (non-hydrogen) atoms. The first-order valence-corrected chi connectivity index (χ1v) is 9.26. The van der Waals surface area contributed by atoms with E-state index in [-0.39, 0.29) is 0 Å². The molecule has 0 spiro atoms. The third-order valence-corrected chi connectivity index (χ3v) is 3.76. The van der Waals surface area contributed by atoms with Crippen LogP contribution in [-0.2, 0) is 17.8 Å². The molecule has 0 radical (unpaired) electrons. The summed E-state index contributed by atoms with van der Waals surface area (Å²) in [5, 5.41) is 6.69. The Morgan fingerprint density at radius 3 is 2.84 bits per heavy atom. The van der Waals surface area contributed by atoms with Crippen LogP contribution in [0.4, 0.5) is 0 Å². The van der Waals surface area contributed by atoms with Crippen LogP contribution in [0.25, 0.3) is 0 Å². The number of aromatic nitrogens is 2. The van der Waals surface area contributed by atoms with Crippen LogP contribution in [0.2, 0.25) is 0 Å². The zero-order valence-corrected chi connectivity index (χ0v) is 16.6. The van der Waals surface area contributed by atoms with Crippen molar-refractivity contribution >= 4 is 5.96 Å². The summed E-state index contributed by atoms with van der Waals surface area (Å²) in [6.07, 6.45) is 4.93. The van der Waals surface area contributed by atoms with Crippen molar-refractivity contribution in [3.05, 3.63) is 18.2 Å². The third kappa shape index (κ3) is 9.45. The monoisotopic (exact) mass is 352 g/mol. The van der Waals surface area contributed by atoms with Crippen LogP contribution in [0.5, 0.6) is 0 Å². The lowest BCUT2D eigenvalue weighted by molar-refractivity contribution is 0.180. The summed E-state index contributed by atoms with van der Waals surface area (Å²) in [4.78, 5) is 11.4. The van der Waals surface area contributed by atoms with E-state index >= 15 is 0 Å². The van der Waals surface area contributed by atoms with Crippen molar-refractivity contribution in [3.63, 3.8) is 0 Å². The predicted octanol–water partition coefficient (Wildman–Crippen LogP) is 1.56. The van der Waals surface area contributed by atoms with Crippen LogP contribution in [0, 0.1) is 5.92 Å². The number of nitrogens with zero attached hydrogens (tertiary/aromatic N) is 4. The molecule has 0 aliphatic heterocycles. The Kier molecular flexibility index (Phi) is 10.9. The second-order valence-corrected chi connectivity index (χ2v) is 6.66. The first-order valence-electron chi connectivity index (χ1n) is 9.26. The fourth-order valence-corrected chi connectivity index (χ4v) is 2.50. The molecule has 0 aliphatic carbocycles. The van der Waals surface area contributed by atoms with E-state index in [0.717, 1.165) is 57.5 Å². The summed E-state index contributed by atoms with van der Waals surface area (Å²) < 4.78 is 7.27. The highest BCUT2D eigenvalue weighted by Crippen LogP contribution is 2.04. The molecule has 0 amide bonds. The number of nitrogens with one attached hydrogen (secondary N) is 2. The van der Waals surface area contributed by atoms with Crippen molar-refractivity contribution in [2.45, 2.75) is 40.3 Å². The van der Waals surface area contributed by atoms with Gasteiger partial charge in [0.1, 0.15) is 12.4 Å². The molecule has 144 valence electrons.